The maximum atomic E-state index is 13.8. The van der Waals surface area contributed by atoms with Gasteiger partial charge >= 0.3 is 0 Å². The third-order valence-corrected chi connectivity index (χ3v) is 8.53. The molecule has 0 spiro atoms. The molecule has 0 saturated heterocycles. The zero-order chi connectivity index (χ0) is 28.3. The minimum Gasteiger partial charge on any atom is -0.508 e. The number of phenolic OH excluding ortho intramolecular Hbond substituents is 1. The minimum absolute atomic E-state index is 0.00810. The van der Waals surface area contributed by atoms with Gasteiger partial charge in [0.2, 0.25) is 5.78 Å². The van der Waals surface area contributed by atoms with Gasteiger partial charge in [-0.2, -0.15) is 0 Å². The third-order valence-electron chi connectivity index (χ3n) is 8.06. The molecule has 206 valence electrons. The number of nitrogens with zero attached hydrogens (tertiary/aromatic N) is 2. The van der Waals surface area contributed by atoms with Gasteiger partial charge < -0.3 is 31.1 Å². The van der Waals surface area contributed by atoms with Crippen LogP contribution in [0.2, 0.25) is 5.02 Å². The van der Waals surface area contributed by atoms with Crippen LogP contribution in [0.5, 0.6) is 5.75 Å². The fourth-order valence-electron chi connectivity index (χ4n) is 6.26. The van der Waals surface area contributed by atoms with E-state index in [9.17, 15) is 34.8 Å². The summed E-state index contributed by atoms with van der Waals surface area (Å²) in [4.78, 5) is 42.6. The highest BCUT2D eigenvalue weighted by atomic mass is 35.5. The molecule has 1 fully saturated rings. The molecule has 4 rings (SSSR count). The number of phenols is 1. The number of rotatable bonds is 7. The number of Topliss-reactive ketones (excluding diaryl/α,β-unsaturated/α-hetero) is 2. The summed E-state index contributed by atoms with van der Waals surface area (Å²) < 4.78 is 0. The summed E-state index contributed by atoms with van der Waals surface area (Å²) in [5.74, 6) is -6.82. The highest BCUT2D eigenvalue weighted by Crippen LogP contribution is 2.53. The van der Waals surface area contributed by atoms with E-state index >= 15 is 0 Å². The lowest BCUT2D eigenvalue weighted by Gasteiger charge is -2.50. The maximum Gasteiger partial charge on any atom is 0.255 e. The summed E-state index contributed by atoms with van der Waals surface area (Å²) in [6, 6.07) is 0.324. The van der Waals surface area contributed by atoms with Crippen molar-refractivity contribution in [1.29, 1.82) is 0 Å². The number of ketones is 2. The maximum absolute atomic E-state index is 13.8. The first-order chi connectivity index (χ1) is 17.8. The van der Waals surface area contributed by atoms with Crippen molar-refractivity contribution in [3.8, 4) is 5.75 Å². The molecular formula is C27H34ClN3O7. The molecule has 1 amide bonds. The van der Waals surface area contributed by atoms with Gasteiger partial charge in [0.1, 0.15) is 22.8 Å². The topological polar surface area (TPSA) is 165 Å². The van der Waals surface area contributed by atoms with Crippen LogP contribution in [0.15, 0.2) is 23.0 Å². The predicted molar refractivity (Wildman–Crippen MR) is 140 cm³/mol. The number of aromatic hydroxyl groups is 1. The second-order valence-electron chi connectivity index (χ2n) is 10.8. The molecule has 1 saturated carbocycles. The summed E-state index contributed by atoms with van der Waals surface area (Å²) in [6.45, 7) is 3.39. The number of carbonyl (C=O) groups is 3. The Labute approximate surface area is 226 Å². The molecule has 0 aromatic heterocycles. The van der Waals surface area contributed by atoms with Crippen molar-refractivity contribution in [2.45, 2.75) is 50.8 Å². The first kappa shape index (κ1) is 28.1. The van der Waals surface area contributed by atoms with E-state index in [2.05, 4.69) is 11.8 Å². The van der Waals surface area contributed by atoms with Gasteiger partial charge in [0, 0.05) is 23.1 Å². The van der Waals surface area contributed by atoms with Gasteiger partial charge in [-0.1, -0.05) is 24.9 Å². The molecule has 0 radical (unpaired) electrons. The van der Waals surface area contributed by atoms with E-state index in [0.29, 0.717) is 22.7 Å². The summed E-state index contributed by atoms with van der Waals surface area (Å²) in [5.41, 5.74) is 2.77. The van der Waals surface area contributed by atoms with Crippen LogP contribution in [0.25, 0.3) is 5.76 Å². The van der Waals surface area contributed by atoms with Crippen LogP contribution in [0, 0.1) is 11.8 Å². The third kappa shape index (κ3) is 4.10. The fourth-order valence-corrected chi connectivity index (χ4v) is 6.55. The summed E-state index contributed by atoms with van der Waals surface area (Å²) in [7, 11) is 5.06. The number of primary amides is 1. The number of nitrogens with two attached hydrogens (primary N) is 1. The van der Waals surface area contributed by atoms with Gasteiger partial charge in [0.15, 0.2) is 11.4 Å². The van der Waals surface area contributed by atoms with Gasteiger partial charge in [-0.25, -0.2) is 0 Å². The lowest BCUT2D eigenvalue weighted by molar-refractivity contribution is -0.153. The molecule has 3 aliphatic carbocycles. The average Bonchev–Trinajstić information content (AvgIpc) is 2.82. The van der Waals surface area contributed by atoms with Crippen LogP contribution >= 0.6 is 11.6 Å². The Morgan fingerprint density at radius 2 is 1.87 bits per heavy atom. The highest BCUT2D eigenvalue weighted by Gasteiger charge is 2.64. The molecule has 0 heterocycles. The van der Waals surface area contributed by atoms with Crippen molar-refractivity contribution in [3.63, 3.8) is 0 Å². The van der Waals surface area contributed by atoms with E-state index in [-0.39, 0.29) is 29.7 Å². The monoisotopic (exact) mass is 547 g/mol. The van der Waals surface area contributed by atoms with Gasteiger partial charge in [0.25, 0.3) is 5.91 Å². The highest BCUT2D eigenvalue weighted by molar-refractivity contribution is 6.32. The number of aliphatic hydroxyl groups is 3. The molecule has 0 unspecified atom stereocenters. The van der Waals surface area contributed by atoms with Crippen molar-refractivity contribution >= 4 is 34.8 Å². The van der Waals surface area contributed by atoms with E-state index < -0.39 is 58.0 Å². The fraction of sp³-hybridized carbons (Fsp3) is 0.519. The number of hydrogen-bond acceptors (Lipinski definition) is 9. The molecule has 11 heteroatoms. The van der Waals surface area contributed by atoms with Crippen molar-refractivity contribution in [2.75, 3.05) is 27.7 Å². The number of unbranched alkanes of at least 4 members (excludes halogenated alkanes) is 1. The predicted octanol–water partition coefficient (Wildman–Crippen LogP) is 1.85. The number of likely N-dealkylation sites (N-methyl/N-ethyl adjacent to an activating group) is 1. The Hall–Kier alpha value is -2.92. The summed E-state index contributed by atoms with van der Waals surface area (Å²) in [6.07, 6.45) is 2.20. The van der Waals surface area contributed by atoms with Gasteiger partial charge in [-0.15, -0.1) is 0 Å². The van der Waals surface area contributed by atoms with Crippen LogP contribution in [-0.2, 0) is 27.3 Å². The Bertz CT molecular complexity index is 1290. The van der Waals surface area contributed by atoms with Crippen LogP contribution in [-0.4, -0.2) is 87.0 Å². The minimum atomic E-state index is -2.66. The van der Waals surface area contributed by atoms with Crippen LogP contribution in [0.4, 0.5) is 0 Å². The Balaban J connectivity index is 1.86. The van der Waals surface area contributed by atoms with E-state index in [1.54, 1.807) is 14.1 Å². The van der Waals surface area contributed by atoms with E-state index in [4.69, 9.17) is 17.3 Å². The van der Waals surface area contributed by atoms with Crippen molar-refractivity contribution in [2.24, 2.45) is 17.6 Å². The zero-order valence-corrected chi connectivity index (χ0v) is 22.7. The summed E-state index contributed by atoms with van der Waals surface area (Å²) in [5, 5.41) is 45.0. The Morgan fingerprint density at radius 1 is 1.21 bits per heavy atom. The molecular weight excluding hydrogens is 514 g/mol. The number of halogens is 1. The number of amides is 1. The first-order valence-electron chi connectivity index (χ1n) is 12.6. The summed E-state index contributed by atoms with van der Waals surface area (Å²) >= 11 is 6.79. The molecule has 6 N–H and O–H groups in total. The number of carbonyl (C=O) groups excluding carboxylic acids is 3. The van der Waals surface area contributed by atoms with Crippen LogP contribution < -0.4 is 5.73 Å². The average molecular weight is 548 g/mol. The molecule has 3 aliphatic rings. The van der Waals surface area contributed by atoms with Gasteiger partial charge in [0.05, 0.1) is 11.6 Å². The molecule has 10 nitrogen and oxygen atoms in total. The normalized spacial score (nSPS) is 27.1. The number of benzene rings is 1. The van der Waals surface area contributed by atoms with Crippen molar-refractivity contribution in [3.05, 3.63) is 44.7 Å². The Morgan fingerprint density at radius 3 is 2.45 bits per heavy atom. The van der Waals surface area contributed by atoms with Gasteiger partial charge in [-0.3, -0.25) is 19.3 Å². The quantitative estimate of drug-likeness (QED) is 0.320. The second-order valence-corrected chi connectivity index (χ2v) is 11.2. The lowest BCUT2D eigenvalue weighted by Crippen LogP contribution is -2.65. The first-order valence-corrected chi connectivity index (χ1v) is 13.0. The van der Waals surface area contributed by atoms with Crippen LogP contribution in [0.3, 0.4) is 0 Å². The second kappa shape index (κ2) is 10.00. The van der Waals surface area contributed by atoms with E-state index in [1.165, 1.54) is 11.0 Å². The standard InChI is InChI=1S/C27H34ClN3O7/c1-5-6-7-31(4)11-13-10-16(32)18-14(20(13)28)8-12-9-15-21(30(2)3)23(34)19(26(29)37)25(36)27(15,38)24(35)17(12)22(18)33/h10,12,15,21,32-33,36,38H,5-9,11H2,1-4H3,(H2,29,37)/t12-,15-,21-,27-/m0/s1. The van der Waals surface area contributed by atoms with Crippen molar-refractivity contribution in [1.82, 2.24) is 9.80 Å². The smallest absolute Gasteiger partial charge is 0.255 e. The number of fused-ring (bicyclic) bond motifs is 3. The van der Waals surface area contributed by atoms with E-state index in [1.807, 2.05) is 7.05 Å². The Kier molecular flexibility index (Phi) is 7.39. The molecule has 1 aromatic rings. The largest absolute Gasteiger partial charge is 0.508 e. The van der Waals surface area contributed by atoms with Crippen LogP contribution in [0.1, 0.15) is 42.9 Å². The number of hydrogen-bond donors (Lipinski definition) is 5. The van der Waals surface area contributed by atoms with E-state index in [0.717, 1.165) is 19.4 Å². The molecule has 4 atom stereocenters. The molecule has 0 aliphatic heterocycles. The molecule has 1 aromatic carbocycles. The zero-order valence-electron chi connectivity index (χ0n) is 21.9. The van der Waals surface area contributed by atoms with Crippen molar-refractivity contribution < 1.29 is 34.8 Å². The lowest BCUT2D eigenvalue weighted by atomic mass is 9.57. The van der Waals surface area contributed by atoms with Gasteiger partial charge in [-0.05, 0) is 70.1 Å². The molecule has 0 bridgehead atoms. The molecule has 38 heavy (non-hydrogen) atoms. The number of aliphatic hydroxyl groups excluding tert-OH is 2. The SMILES string of the molecule is CCCCN(C)Cc1cc(O)c2c(c1Cl)C[C@H]1C[C@H]3[C@H](N(C)C)C(=O)C(C(N)=O)=C(O)[C@@]3(O)C(=O)C1=C2O.